The summed E-state index contributed by atoms with van der Waals surface area (Å²) in [6.07, 6.45) is 3.64. The van der Waals surface area contributed by atoms with E-state index in [2.05, 4.69) is 76.4 Å². The van der Waals surface area contributed by atoms with Crippen LogP contribution in [0.4, 0.5) is 0 Å². The highest BCUT2D eigenvalue weighted by molar-refractivity contribution is 5.19. The van der Waals surface area contributed by atoms with Gasteiger partial charge < -0.3 is 4.90 Å². The quantitative estimate of drug-likeness (QED) is 0.648. The molecular formula is C19H34N2O. The number of hydrogen-bond acceptors (Lipinski definition) is 3. The van der Waals surface area contributed by atoms with E-state index in [1.807, 2.05) is 6.07 Å². The van der Waals surface area contributed by atoms with Crippen molar-refractivity contribution < 1.29 is 4.84 Å². The van der Waals surface area contributed by atoms with Crippen molar-refractivity contribution in [2.45, 2.75) is 65.1 Å². The van der Waals surface area contributed by atoms with Crippen molar-refractivity contribution >= 4 is 0 Å². The summed E-state index contributed by atoms with van der Waals surface area (Å²) in [6.45, 7) is 8.95. The van der Waals surface area contributed by atoms with Gasteiger partial charge in [-0.1, -0.05) is 63.9 Å². The van der Waals surface area contributed by atoms with Crippen LogP contribution >= 0.6 is 0 Å². The molecule has 3 nitrogen and oxygen atoms in total. The van der Waals surface area contributed by atoms with Crippen LogP contribution in [0.1, 0.15) is 58.6 Å². The summed E-state index contributed by atoms with van der Waals surface area (Å²) in [5.74, 6) is 0.567. The first kappa shape index (κ1) is 19.1. The molecule has 0 saturated heterocycles. The zero-order valence-electron chi connectivity index (χ0n) is 15.2. The Balaban J connectivity index is 2.76. The van der Waals surface area contributed by atoms with Gasteiger partial charge in [0.25, 0.3) is 0 Å². The summed E-state index contributed by atoms with van der Waals surface area (Å²) >= 11 is 0. The SMILES string of the molecule is CCCC[C@H](NO[C@H](c1ccccc1)[C@H](C)N(C)C)C(C)C. The fraction of sp³-hybridized carbons (Fsp3) is 0.684. The number of nitrogens with zero attached hydrogens (tertiary/aromatic N) is 1. The van der Waals surface area contributed by atoms with Crippen LogP contribution in [0.15, 0.2) is 30.3 Å². The minimum absolute atomic E-state index is 0.0269. The van der Waals surface area contributed by atoms with E-state index in [-0.39, 0.29) is 6.10 Å². The minimum atomic E-state index is 0.0269. The lowest BCUT2D eigenvalue weighted by molar-refractivity contribution is -0.0832. The number of nitrogens with one attached hydrogen (secondary N) is 1. The van der Waals surface area contributed by atoms with Gasteiger partial charge in [0.15, 0.2) is 0 Å². The van der Waals surface area contributed by atoms with Crippen LogP contribution in [0, 0.1) is 5.92 Å². The highest BCUT2D eigenvalue weighted by Crippen LogP contribution is 2.23. The highest BCUT2D eigenvalue weighted by Gasteiger charge is 2.24. The van der Waals surface area contributed by atoms with E-state index in [9.17, 15) is 0 Å². The molecule has 0 radical (unpaired) electrons. The van der Waals surface area contributed by atoms with Crippen LogP contribution in [0.3, 0.4) is 0 Å². The van der Waals surface area contributed by atoms with E-state index in [1.54, 1.807) is 0 Å². The largest absolute Gasteiger partial charge is 0.304 e. The van der Waals surface area contributed by atoms with Crippen molar-refractivity contribution in [3.63, 3.8) is 0 Å². The van der Waals surface area contributed by atoms with Crippen LogP contribution in [0.2, 0.25) is 0 Å². The maximum atomic E-state index is 6.18. The molecule has 0 fully saturated rings. The first-order valence-electron chi connectivity index (χ1n) is 8.59. The number of hydroxylamine groups is 1. The van der Waals surface area contributed by atoms with Crippen LogP contribution in [0.25, 0.3) is 0 Å². The molecule has 0 aliphatic heterocycles. The fourth-order valence-electron chi connectivity index (χ4n) is 2.47. The lowest BCUT2D eigenvalue weighted by Crippen LogP contribution is -2.40. The minimum Gasteiger partial charge on any atom is -0.304 e. The molecular weight excluding hydrogens is 272 g/mol. The lowest BCUT2D eigenvalue weighted by Gasteiger charge is -2.32. The molecule has 1 aromatic carbocycles. The van der Waals surface area contributed by atoms with Crippen molar-refractivity contribution in [2.75, 3.05) is 14.1 Å². The third-order valence-corrected chi connectivity index (χ3v) is 4.40. The number of rotatable bonds is 10. The van der Waals surface area contributed by atoms with E-state index in [4.69, 9.17) is 4.84 Å². The number of unbranched alkanes of at least 4 members (excludes halogenated alkanes) is 1. The first-order valence-corrected chi connectivity index (χ1v) is 8.59. The smallest absolute Gasteiger partial charge is 0.119 e. The van der Waals surface area contributed by atoms with Gasteiger partial charge in [-0.3, -0.25) is 4.84 Å². The van der Waals surface area contributed by atoms with Gasteiger partial charge in [-0.2, -0.15) is 5.48 Å². The van der Waals surface area contributed by atoms with Crippen LogP contribution in [-0.4, -0.2) is 31.1 Å². The molecule has 0 aliphatic carbocycles. The molecule has 3 heteroatoms. The molecule has 1 rings (SSSR count). The molecule has 3 atom stereocenters. The zero-order valence-corrected chi connectivity index (χ0v) is 15.2. The van der Waals surface area contributed by atoms with Gasteiger partial charge in [0.1, 0.15) is 6.10 Å². The summed E-state index contributed by atoms with van der Waals surface area (Å²) in [5.41, 5.74) is 4.58. The van der Waals surface area contributed by atoms with Crippen LogP contribution in [-0.2, 0) is 4.84 Å². The summed E-state index contributed by atoms with van der Waals surface area (Å²) in [7, 11) is 4.20. The number of hydrogen-bond donors (Lipinski definition) is 1. The first-order chi connectivity index (χ1) is 10.5. The monoisotopic (exact) mass is 306 g/mol. The summed E-state index contributed by atoms with van der Waals surface area (Å²) in [6, 6.07) is 11.2. The van der Waals surface area contributed by atoms with Gasteiger partial charge in [0, 0.05) is 12.1 Å². The van der Waals surface area contributed by atoms with Crippen molar-refractivity contribution in [2.24, 2.45) is 5.92 Å². The van der Waals surface area contributed by atoms with E-state index in [1.165, 1.54) is 18.4 Å². The van der Waals surface area contributed by atoms with E-state index in [0.29, 0.717) is 18.0 Å². The topological polar surface area (TPSA) is 24.5 Å². The second kappa shape index (κ2) is 9.98. The van der Waals surface area contributed by atoms with E-state index < -0.39 is 0 Å². The molecule has 0 bridgehead atoms. The Morgan fingerprint density at radius 1 is 1.09 bits per heavy atom. The fourth-order valence-corrected chi connectivity index (χ4v) is 2.47. The molecule has 0 amide bonds. The predicted octanol–water partition coefficient (Wildman–Crippen LogP) is 4.41. The highest BCUT2D eigenvalue weighted by atomic mass is 16.7. The lowest BCUT2D eigenvalue weighted by atomic mass is 9.99. The Kier molecular flexibility index (Phi) is 8.69. The van der Waals surface area contributed by atoms with Crippen molar-refractivity contribution in [1.29, 1.82) is 0 Å². The summed E-state index contributed by atoms with van der Waals surface area (Å²) in [5, 5.41) is 0. The zero-order chi connectivity index (χ0) is 16.5. The molecule has 126 valence electrons. The molecule has 0 heterocycles. The van der Waals surface area contributed by atoms with Crippen LogP contribution in [0.5, 0.6) is 0 Å². The van der Waals surface area contributed by atoms with Crippen molar-refractivity contribution in [3.8, 4) is 0 Å². The molecule has 0 saturated carbocycles. The number of benzene rings is 1. The Hall–Kier alpha value is -0.900. The molecule has 0 unspecified atom stereocenters. The van der Waals surface area contributed by atoms with Crippen molar-refractivity contribution in [1.82, 2.24) is 10.4 Å². The Bertz CT molecular complexity index is 392. The van der Waals surface area contributed by atoms with Gasteiger partial charge in [-0.15, -0.1) is 0 Å². The second-order valence-corrected chi connectivity index (χ2v) is 6.76. The molecule has 0 aromatic heterocycles. The van der Waals surface area contributed by atoms with Gasteiger partial charge in [0.05, 0.1) is 0 Å². The normalized spacial score (nSPS) is 16.0. The molecule has 1 aromatic rings. The van der Waals surface area contributed by atoms with Gasteiger partial charge in [0.2, 0.25) is 0 Å². The van der Waals surface area contributed by atoms with E-state index in [0.717, 1.165) is 6.42 Å². The van der Waals surface area contributed by atoms with Crippen LogP contribution < -0.4 is 5.48 Å². The average Bonchev–Trinajstić information content (AvgIpc) is 2.50. The standard InChI is InChI=1S/C19H34N2O/c1-7-8-14-18(15(2)3)20-22-19(16(4)21(5)6)17-12-10-9-11-13-17/h9-13,15-16,18-20H,7-8,14H2,1-6H3/t16-,18-,19-/m0/s1. The summed E-state index contributed by atoms with van der Waals surface area (Å²) in [4.78, 5) is 8.38. The Morgan fingerprint density at radius 3 is 2.23 bits per heavy atom. The van der Waals surface area contributed by atoms with Gasteiger partial charge >= 0.3 is 0 Å². The average molecular weight is 306 g/mol. The Morgan fingerprint density at radius 2 is 1.73 bits per heavy atom. The maximum Gasteiger partial charge on any atom is 0.119 e. The van der Waals surface area contributed by atoms with Gasteiger partial charge in [-0.25, -0.2) is 0 Å². The summed E-state index contributed by atoms with van der Waals surface area (Å²) < 4.78 is 0. The van der Waals surface area contributed by atoms with Gasteiger partial charge in [-0.05, 0) is 38.9 Å². The molecule has 0 aliphatic rings. The molecule has 22 heavy (non-hydrogen) atoms. The maximum absolute atomic E-state index is 6.18. The Labute approximate surface area is 137 Å². The second-order valence-electron chi connectivity index (χ2n) is 6.76. The number of likely N-dealkylation sites (N-methyl/N-ethyl adjacent to an activating group) is 1. The van der Waals surface area contributed by atoms with E-state index >= 15 is 0 Å². The molecule has 1 N–H and O–H groups in total. The third-order valence-electron chi connectivity index (χ3n) is 4.40. The third kappa shape index (κ3) is 6.07. The predicted molar refractivity (Wildman–Crippen MR) is 94.7 cm³/mol. The molecule has 0 spiro atoms. The van der Waals surface area contributed by atoms with Crippen molar-refractivity contribution in [3.05, 3.63) is 35.9 Å².